The molecule has 4 aromatic rings. The number of H-pyrrole nitrogens is 1. The number of hydrogen-bond acceptors (Lipinski definition) is 2. The third-order valence-electron chi connectivity index (χ3n) is 4.15. The molecule has 0 atom stereocenters. The van der Waals surface area contributed by atoms with E-state index in [1.54, 1.807) is 24.1 Å². The summed E-state index contributed by atoms with van der Waals surface area (Å²) >= 11 is 6.06. The van der Waals surface area contributed by atoms with Gasteiger partial charge in [0.2, 0.25) is 0 Å². The highest BCUT2D eigenvalue weighted by atomic mass is 35.5. The maximum absolute atomic E-state index is 11.6. The summed E-state index contributed by atoms with van der Waals surface area (Å²) in [5, 5.41) is 11.4. The first-order chi connectivity index (χ1) is 12.6. The van der Waals surface area contributed by atoms with Gasteiger partial charge in [-0.05, 0) is 35.9 Å². The Morgan fingerprint density at radius 3 is 2.88 bits per heavy atom. The van der Waals surface area contributed by atoms with Crippen molar-refractivity contribution in [1.82, 2.24) is 20.1 Å². The maximum atomic E-state index is 11.6. The van der Waals surface area contributed by atoms with E-state index < -0.39 is 0 Å². The van der Waals surface area contributed by atoms with E-state index in [4.69, 9.17) is 11.6 Å². The van der Waals surface area contributed by atoms with Crippen LogP contribution in [0.4, 0.5) is 10.5 Å². The smallest absolute Gasteiger partial charge is 0.319 e. The number of aromatic nitrogens is 3. The van der Waals surface area contributed by atoms with E-state index in [1.807, 2.05) is 48.7 Å². The zero-order valence-electron chi connectivity index (χ0n) is 14.0. The number of fused-ring (bicyclic) bond motifs is 1. The van der Waals surface area contributed by atoms with Gasteiger partial charge in [0.15, 0.2) is 0 Å². The molecule has 0 aliphatic rings. The molecule has 2 aromatic heterocycles. The predicted octanol–water partition coefficient (Wildman–Crippen LogP) is 4.43. The zero-order valence-corrected chi connectivity index (χ0v) is 14.7. The zero-order chi connectivity index (χ0) is 18.1. The first-order valence-corrected chi connectivity index (χ1v) is 8.43. The van der Waals surface area contributed by atoms with Gasteiger partial charge >= 0.3 is 6.03 Å². The Kier molecular flexibility index (Phi) is 4.10. The molecule has 6 nitrogen and oxygen atoms in total. The molecule has 2 amide bonds. The lowest BCUT2D eigenvalue weighted by Gasteiger charge is -2.04. The number of hydrogen-bond donors (Lipinski definition) is 3. The average Bonchev–Trinajstić information content (AvgIpc) is 3.29. The van der Waals surface area contributed by atoms with Crippen LogP contribution in [0.5, 0.6) is 0 Å². The van der Waals surface area contributed by atoms with Crippen LogP contribution in [0.25, 0.3) is 27.7 Å². The number of carbonyl (C=O) groups excluding carboxylic acids is 1. The Hall–Kier alpha value is -3.25. The molecule has 0 saturated carbocycles. The summed E-state index contributed by atoms with van der Waals surface area (Å²) in [6.45, 7) is 0. The van der Waals surface area contributed by atoms with Gasteiger partial charge in [-0.25, -0.2) is 9.48 Å². The number of nitrogens with zero attached hydrogens (tertiary/aromatic N) is 2. The summed E-state index contributed by atoms with van der Waals surface area (Å²) in [6.07, 6.45) is 5.53. The molecule has 0 aliphatic heterocycles. The molecule has 2 aromatic carbocycles. The van der Waals surface area contributed by atoms with E-state index in [0.717, 1.165) is 33.4 Å². The van der Waals surface area contributed by atoms with Crippen molar-refractivity contribution in [3.63, 3.8) is 0 Å². The molecule has 4 rings (SSSR count). The number of rotatable bonds is 3. The van der Waals surface area contributed by atoms with E-state index in [9.17, 15) is 4.79 Å². The minimum Gasteiger partial charge on any atom is -0.359 e. The Morgan fingerprint density at radius 1 is 1.19 bits per heavy atom. The van der Waals surface area contributed by atoms with E-state index >= 15 is 0 Å². The molecule has 0 spiro atoms. The van der Waals surface area contributed by atoms with Crippen LogP contribution >= 0.6 is 11.6 Å². The molecule has 0 saturated heterocycles. The fourth-order valence-corrected chi connectivity index (χ4v) is 3.00. The molecule has 0 bridgehead atoms. The Bertz CT molecular complexity index is 1100. The van der Waals surface area contributed by atoms with E-state index in [2.05, 4.69) is 20.7 Å². The lowest BCUT2D eigenvalue weighted by Crippen LogP contribution is -2.24. The fourth-order valence-electron chi connectivity index (χ4n) is 2.82. The number of carbonyl (C=O) groups is 1. The highest BCUT2D eigenvalue weighted by molar-refractivity contribution is 6.30. The predicted molar refractivity (Wildman–Crippen MR) is 104 cm³/mol. The van der Waals surface area contributed by atoms with Crippen LogP contribution in [-0.4, -0.2) is 27.8 Å². The standard InChI is InChI=1S/C19H16ClN5O/c1-21-19(26)24-18-10-22-17-6-5-12(7-16(17)18)13-9-23-25(11-13)15-4-2-3-14(20)8-15/h2-11,22H,1H3,(H2,21,24,26). The number of urea groups is 1. The summed E-state index contributed by atoms with van der Waals surface area (Å²) < 4.78 is 1.78. The van der Waals surface area contributed by atoms with Gasteiger partial charge < -0.3 is 15.6 Å². The Balaban J connectivity index is 1.71. The van der Waals surface area contributed by atoms with E-state index in [-0.39, 0.29) is 6.03 Å². The Morgan fingerprint density at radius 2 is 2.08 bits per heavy atom. The van der Waals surface area contributed by atoms with Gasteiger partial charge in [-0.1, -0.05) is 23.7 Å². The van der Waals surface area contributed by atoms with Crippen LogP contribution in [0, 0.1) is 0 Å². The average molecular weight is 366 g/mol. The van der Waals surface area contributed by atoms with Crippen LogP contribution in [-0.2, 0) is 0 Å². The van der Waals surface area contributed by atoms with Crippen LogP contribution in [0.3, 0.4) is 0 Å². The first-order valence-electron chi connectivity index (χ1n) is 8.05. The number of nitrogens with one attached hydrogen (secondary N) is 3. The lowest BCUT2D eigenvalue weighted by molar-refractivity contribution is 0.254. The van der Waals surface area contributed by atoms with Gasteiger partial charge in [-0.15, -0.1) is 0 Å². The third-order valence-corrected chi connectivity index (χ3v) is 4.38. The molecule has 7 heteroatoms. The summed E-state index contributed by atoms with van der Waals surface area (Å²) in [4.78, 5) is 14.8. The number of halogens is 1. The SMILES string of the molecule is CNC(=O)Nc1c[nH]c2ccc(-c3cnn(-c4cccc(Cl)c4)c3)cc12. The van der Waals surface area contributed by atoms with Crippen molar-refractivity contribution in [3.05, 3.63) is 66.1 Å². The molecular weight excluding hydrogens is 350 g/mol. The highest BCUT2D eigenvalue weighted by Crippen LogP contribution is 2.29. The molecule has 0 fully saturated rings. The molecule has 3 N–H and O–H groups in total. The molecule has 0 radical (unpaired) electrons. The largest absolute Gasteiger partial charge is 0.359 e. The maximum Gasteiger partial charge on any atom is 0.319 e. The summed E-state index contributed by atoms with van der Waals surface area (Å²) in [6, 6.07) is 13.3. The number of amides is 2. The van der Waals surface area contributed by atoms with Crippen molar-refractivity contribution in [2.45, 2.75) is 0 Å². The summed E-state index contributed by atoms with van der Waals surface area (Å²) in [5.41, 5.74) is 4.54. The van der Waals surface area contributed by atoms with E-state index in [1.165, 1.54) is 0 Å². The van der Waals surface area contributed by atoms with Crippen molar-refractivity contribution in [3.8, 4) is 16.8 Å². The van der Waals surface area contributed by atoms with Gasteiger partial charge in [0, 0.05) is 40.9 Å². The van der Waals surface area contributed by atoms with Crippen LogP contribution in [0.1, 0.15) is 0 Å². The second-order valence-electron chi connectivity index (χ2n) is 5.82. The van der Waals surface area contributed by atoms with Crippen LogP contribution < -0.4 is 10.6 Å². The number of benzene rings is 2. The topological polar surface area (TPSA) is 74.7 Å². The number of aromatic amines is 1. The van der Waals surface area contributed by atoms with Gasteiger partial charge in [0.1, 0.15) is 0 Å². The van der Waals surface area contributed by atoms with Crippen molar-refractivity contribution in [2.24, 2.45) is 0 Å². The van der Waals surface area contributed by atoms with Crippen molar-refractivity contribution >= 4 is 34.2 Å². The number of anilines is 1. The van der Waals surface area contributed by atoms with Crippen LogP contribution in [0.15, 0.2) is 61.1 Å². The normalized spacial score (nSPS) is 10.8. The minimum absolute atomic E-state index is 0.259. The second kappa shape index (κ2) is 6.57. The monoisotopic (exact) mass is 365 g/mol. The molecule has 0 unspecified atom stereocenters. The minimum atomic E-state index is -0.259. The van der Waals surface area contributed by atoms with Crippen LogP contribution in [0.2, 0.25) is 5.02 Å². The van der Waals surface area contributed by atoms with Gasteiger partial charge in [0.05, 0.1) is 17.6 Å². The van der Waals surface area contributed by atoms with Crippen molar-refractivity contribution < 1.29 is 4.79 Å². The van der Waals surface area contributed by atoms with E-state index in [0.29, 0.717) is 5.02 Å². The van der Waals surface area contributed by atoms with Gasteiger partial charge in [-0.2, -0.15) is 5.10 Å². The third kappa shape index (κ3) is 3.02. The molecular formula is C19H16ClN5O. The molecule has 26 heavy (non-hydrogen) atoms. The second-order valence-corrected chi connectivity index (χ2v) is 6.26. The highest BCUT2D eigenvalue weighted by Gasteiger charge is 2.10. The quantitative estimate of drug-likeness (QED) is 0.502. The van der Waals surface area contributed by atoms with Crippen molar-refractivity contribution in [1.29, 1.82) is 0 Å². The fraction of sp³-hybridized carbons (Fsp3) is 0.0526. The molecule has 130 valence electrons. The summed E-state index contributed by atoms with van der Waals surface area (Å²) in [5.74, 6) is 0. The van der Waals surface area contributed by atoms with Gasteiger partial charge in [-0.3, -0.25) is 0 Å². The summed E-state index contributed by atoms with van der Waals surface area (Å²) in [7, 11) is 1.58. The molecule has 0 aliphatic carbocycles. The van der Waals surface area contributed by atoms with Gasteiger partial charge in [0.25, 0.3) is 0 Å². The lowest BCUT2D eigenvalue weighted by atomic mass is 10.1. The Labute approximate surface area is 154 Å². The van der Waals surface area contributed by atoms with Crippen molar-refractivity contribution in [2.75, 3.05) is 12.4 Å². The first kappa shape index (κ1) is 16.2. The molecule has 2 heterocycles.